The summed E-state index contributed by atoms with van der Waals surface area (Å²) in [6, 6.07) is 0. The Morgan fingerprint density at radius 3 is 2.20 bits per heavy atom. The monoisotopic (exact) mass is 137 g/mol. The zero-order valence-corrected chi connectivity index (χ0v) is 5.84. The maximum Gasteiger partial charge on any atom is 0.224 e. The molecule has 4 aliphatic rings. The van der Waals surface area contributed by atoms with Crippen molar-refractivity contribution < 1.29 is 4.79 Å². The molecule has 10 heavy (non-hydrogen) atoms. The summed E-state index contributed by atoms with van der Waals surface area (Å²) >= 11 is 0. The number of nitrogens with two attached hydrogens (primary N) is 1. The van der Waals surface area contributed by atoms with Crippen molar-refractivity contribution in [2.24, 2.45) is 28.9 Å². The van der Waals surface area contributed by atoms with Gasteiger partial charge in [-0.05, 0) is 37.0 Å². The summed E-state index contributed by atoms with van der Waals surface area (Å²) in [6.07, 6.45) is 3.72. The van der Waals surface area contributed by atoms with Gasteiger partial charge in [0.1, 0.15) is 0 Å². The van der Waals surface area contributed by atoms with E-state index in [0.29, 0.717) is 0 Å². The quantitative estimate of drug-likeness (QED) is 0.562. The summed E-state index contributed by atoms with van der Waals surface area (Å²) in [4.78, 5) is 11.0. The normalized spacial score (nSPS) is 61.0. The van der Waals surface area contributed by atoms with Gasteiger partial charge < -0.3 is 5.73 Å². The first-order valence-corrected chi connectivity index (χ1v) is 4.05. The minimum atomic E-state index is -0.0116. The molecule has 2 N–H and O–H groups in total. The van der Waals surface area contributed by atoms with Gasteiger partial charge in [0.25, 0.3) is 0 Å². The van der Waals surface area contributed by atoms with E-state index in [9.17, 15) is 4.79 Å². The standard InChI is InChI=1S/C8H11NO/c9-7(10)8-3-4-1-5(8)6(8)2-4/h4-6H,1-3H2,(H2,9,10)/t4?,5-,6+,8?. The lowest BCUT2D eigenvalue weighted by molar-refractivity contribution is -0.123. The Morgan fingerprint density at radius 1 is 1.40 bits per heavy atom. The first-order chi connectivity index (χ1) is 4.75. The van der Waals surface area contributed by atoms with Crippen LogP contribution >= 0.6 is 0 Å². The minimum absolute atomic E-state index is 0.0116. The van der Waals surface area contributed by atoms with Gasteiger partial charge in [-0.1, -0.05) is 0 Å². The van der Waals surface area contributed by atoms with Gasteiger partial charge >= 0.3 is 0 Å². The van der Waals surface area contributed by atoms with Crippen molar-refractivity contribution in [3.8, 4) is 0 Å². The van der Waals surface area contributed by atoms with Gasteiger partial charge in [-0.2, -0.15) is 0 Å². The molecule has 54 valence electrons. The Morgan fingerprint density at radius 2 is 2.00 bits per heavy atom. The van der Waals surface area contributed by atoms with E-state index >= 15 is 0 Å². The predicted octanol–water partition coefficient (Wildman–Crippen LogP) is 0.518. The lowest BCUT2D eigenvalue weighted by Crippen LogP contribution is -2.24. The number of carbonyl (C=O) groups excluding carboxylic acids is 1. The Balaban J connectivity index is 2.06. The van der Waals surface area contributed by atoms with Gasteiger partial charge in [0, 0.05) is 0 Å². The minimum Gasteiger partial charge on any atom is -0.369 e. The predicted molar refractivity (Wildman–Crippen MR) is 35.9 cm³/mol. The molecule has 4 atom stereocenters. The average Bonchev–Trinajstić information content (AvgIpc) is 2.42. The molecule has 4 bridgehead atoms. The second-order valence-corrected chi connectivity index (χ2v) is 4.16. The van der Waals surface area contributed by atoms with Gasteiger partial charge in [-0.25, -0.2) is 0 Å². The van der Waals surface area contributed by atoms with Crippen molar-refractivity contribution in [1.29, 1.82) is 0 Å². The fourth-order valence-corrected chi connectivity index (χ4v) is 3.58. The van der Waals surface area contributed by atoms with Crippen molar-refractivity contribution in [3.05, 3.63) is 0 Å². The highest BCUT2D eigenvalue weighted by molar-refractivity contribution is 5.86. The van der Waals surface area contributed by atoms with Crippen LogP contribution in [0.4, 0.5) is 0 Å². The van der Waals surface area contributed by atoms with Crippen LogP contribution in [0.5, 0.6) is 0 Å². The Labute approximate surface area is 59.8 Å². The van der Waals surface area contributed by atoms with Gasteiger partial charge in [-0.15, -0.1) is 0 Å². The number of hydrogen-bond acceptors (Lipinski definition) is 1. The van der Waals surface area contributed by atoms with Crippen LogP contribution in [0, 0.1) is 23.2 Å². The van der Waals surface area contributed by atoms with E-state index in [-0.39, 0.29) is 11.3 Å². The maximum atomic E-state index is 11.0. The molecule has 0 heterocycles. The summed E-state index contributed by atoms with van der Waals surface area (Å²) in [5, 5.41) is 0. The fraction of sp³-hybridized carbons (Fsp3) is 0.875. The first-order valence-electron chi connectivity index (χ1n) is 4.05. The number of primary amides is 1. The highest BCUT2D eigenvalue weighted by Crippen LogP contribution is 2.78. The third-order valence-corrected chi connectivity index (χ3v) is 3.96. The van der Waals surface area contributed by atoms with Crippen molar-refractivity contribution >= 4 is 5.91 Å². The third-order valence-electron chi connectivity index (χ3n) is 3.96. The van der Waals surface area contributed by atoms with E-state index in [4.69, 9.17) is 5.73 Å². The highest BCUT2D eigenvalue weighted by Gasteiger charge is 2.77. The molecule has 4 saturated carbocycles. The largest absolute Gasteiger partial charge is 0.369 e. The number of hydrogen-bond donors (Lipinski definition) is 1. The molecule has 2 unspecified atom stereocenters. The Bertz CT molecular complexity index is 211. The van der Waals surface area contributed by atoms with E-state index in [1.165, 1.54) is 12.8 Å². The average molecular weight is 137 g/mol. The van der Waals surface area contributed by atoms with Crippen LogP contribution in [0.25, 0.3) is 0 Å². The molecule has 2 heteroatoms. The maximum absolute atomic E-state index is 11.0. The molecule has 4 rings (SSSR count). The lowest BCUT2D eigenvalue weighted by Gasteiger charge is -2.02. The Kier molecular flexibility index (Phi) is 0.582. The van der Waals surface area contributed by atoms with E-state index in [2.05, 4.69) is 0 Å². The third kappa shape index (κ3) is 0.297. The highest BCUT2D eigenvalue weighted by atomic mass is 16.1. The summed E-state index contributed by atoms with van der Waals surface area (Å²) < 4.78 is 0. The van der Waals surface area contributed by atoms with Gasteiger partial charge in [0.05, 0.1) is 5.41 Å². The molecule has 0 spiro atoms. The van der Waals surface area contributed by atoms with Crippen LogP contribution in [0.2, 0.25) is 0 Å². The van der Waals surface area contributed by atoms with Crippen molar-refractivity contribution in [2.75, 3.05) is 0 Å². The summed E-state index contributed by atoms with van der Waals surface area (Å²) in [7, 11) is 0. The van der Waals surface area contributed by atoms with E-state index in [1.807, 2.05) is 0 Å². The molecular weight excluding hydrogens is 126 g/mol. The molecule has 0 aromatic carbocycles. The van der Waals surface area contributed by atoms with Crippen molar-refractivity contribution in [3.63, 3.8) is 0 Å². The molecule has 4 fully saturated rings. The van der Waals surface area contributed by atoms with E-state index in [1.54, 1.807) is 0 Å². The second-order valence-electron chi connectivity index (χ2n) is 4.16. The van der Waals surface area contributed by atoms with Crippen molar-refractivity contribution in [1.82, 2.24) is 0 Å². The van der Waals surface area contributed by atoms with Crippen LogP contribution in [0.3, 0.4) is 0 Å². The molecule has 0 aliphatic heterocycles. The molecular formula is C8H11NO. The van der Waals surface area contributed by atoms with Gasteiger partial charge in [0.15, 0.2) is 0 Å². The van der Waals surface area contributed by atoms with Crippen LogP contribution in [-0.2, 0) is 4.79 Å². The van der Waals surface area contributed by atoms with Crippen LogP contribution in [0.1, 0.15) is 19.3 Å². The van der Waals surface area contributed by atoms with Crippen LogP contribution < -0.4 is 5.73 Å². The summed E-state index contributed by atoms with van der Waals surface area (Å²) in [5.41, 5.74) is 5.38. The SMILES string of the molecule is NC(=O)C12CC3C[C@@H]1[C@@H]2C3. The summed E-state index contributed by atoms with van der Waals surface area (Å²) in [6.45, 7) is 0. The molecule has 0 saturated heterocycles. The first kappa shape index (κ1) is 5.16. The topological polar surface area (TPSA) is 43.1 Å². The Hall–Kier alpha value is -0.530. The van der Waals surface area contributed by atoms with E-state index in [0.717, 1.165) is 24.2 Å². The fourth-order valence-electron chi connectivity index (χ4n) is 3.58. The smallest absolute Gasteiger partial charge is 0.224 e. The zero-order valence-electron chi connectivity index (χ0n) is 5.84. The van der Waals surface area contributed by atoms with Gasteiger partial charge in [-0.3, -0.25) is 4.79 Å². The molecule has 2 nitrogen and oxygen atoms in total. The van der Waals surface area contributed by atoms with Gasteiger partial charge in [0.2, 0.25) is 5.91 Å². The van der Waals surface area contributed by atoms with Crippen molar-refractivity contribution in [2.45, 2.75) is 19.3 Å². The van der Waals surface area contributed by atoms with E-state index < -0.39 is 0 Å². The molecule has 1 amide bonds. The molecule has 0 radical (unpaired) electrons. The lowest BCUT2D eigenvalue weighted by atomic mass is 10.0. The van der Waals surface area contributed by atoms with Crippen LogP contribution in [-0.4, -0.2) is 5.91 Å². The number of amides is 1. The summed E-state index contributed by atoms with van der Waals surface area (Å²) in [5.74, 6) is 2.29. The molecule has 0 aromatic rings. The molecule has 0 aromatic heterocycles. The number of rotatable bonds is 1. The molecule has 4 aliphatic carbocycles. The van der Waals surface area contributed by atoms with Crippen LogP contribution in [0.15, 0.2) is 0 Å². The second kappa shape index (κ2) is 1.13. The number of carbonyl (C=O) groups is 1. The zero-order chi connectivity index (χ0) is 6.93.